The van der Waals surface area contributed by atoms with E-state index in [0.717, 1.165) is 13.2 Å². The van der Waals surface area contributed by atoms with Crippen molar-refractivity contribution in [3.63, 3.8) is 0 Å². The highest BCUT2D eigenvalue weighted by Gasteiger charge is 2.25. The van der Waals surface area contributed by atoms with Gasteiger partial charge in [-0.2, -0.15) is 0 Å². The van der Waals surface area contributed by atoms with E-state index < -0.39 is 0 Å². The van der Waals surface area contributed by atoms with Gasteiger partial charge in [-0.05, 0) is 37.6 Å². The number of ether oxygens (including phenoxy) is 1. The van der Waals surface area contributed by atoms with Gasteiger partial charge in [0.1, 0.15) is 0 Å². The fourth-order valence-electron chi connectivity index (χ4n) is 2.24. The maximum atomic E-state index is 5.82. The first-order valence-corrected chi connectivity index (χ1v) is 6.36. The van der Waals surface area contributed by atoms with Gasteiger partial charge in [-0.25, -0.2) is 0 Å². The minimum absolute atomic E-state index is 0.386. The van der Waals surface area contributed by atoms with E-state index in [1.165, 1.54) is 25.7 Å². The number of nitrogens with one attached hydrogen (secondary N) is 1. The predicted octanol–water partition coefficient (Wildman–Crippen LogP) is 2.97. The van der Waals surface area contributed by atoms with Crippen molar-refractivity contribution in [2.45, 2.75) is 65.5 Å². The molecular weight excluding hydrogens is 186 g/mol. The molecule has 0 aromatic rings. The van der Waals surface area contributed by atoms with E-state index in [9.17, 15) is 0 Å². The summed E-state index contributed by atoms with van der Waals surface area (Å²) >= 11 is 0. The van der Waals surface area contributed by atoms with Crippen LogP contribution < -0.4 is 5.32 Å². The molecular formula is C13H27NO. The van der Waals surface area contributed by atoms with Gasteiger partial charge in [0.05, 0.1) is 6.10 Å². The summed E-state index contributed by atoms with van der Waals surface area (Å²) in [5.41, 5.74) is 0.386. The van der Waals surface area contributed by atoms with Crippen LogP contribution in [0.25, 0.3) is 0 Å². The van der Waals surface area contributed by atoms with Crippen molar-refractivity contribution in [1.29, 1.82) is 0 Å². The van der Waals surface area contributed by atoms with Crippen molar-refractivity contribution in [2.24, 2.45) is 5.41 Å². The molecule has 90 valence electrons. The standard InChI is InChI=1S/C13H27NO/c1-5-7-14-11-6-8-15-12(9-11)10-13(2,3)4/h11-12,14H,5-10H2,1-4H3. The zero-order valence-electron chi connectivity index (χ0n) is 10.8. The van der Waals surface area contributed by atoms with Gasteiger partial charge in [0.15, 0.2) is 0 Å². The maximum Gasteiger partial charge on any atom is 0.0595 e. The van der Waals surface area contributed by atoms with Crippen molar-refractivity contribution in [3.8, 4) is 0 Å². The van der Waals surface area contributed by atoms with E-state index in [4.69, 9.17) is 4.74 Å². The van der Waals surface area contributed by atoms with Crippen LogP contribution >= 0.6 is 0 Å². The molecule has 0 amide bonds. The normalized spacial score (nSPS) is 28.0. The Kier molecular flexibility index (Phi) is 5.07. The molecule has 1 fully saturated rings. The van der Waals surface area contributed by atoms with Gasteiger partial charge in [-0.15, -0.1) is 0 Å². The summed E-state index contributed by atoms with van der Waals surface area (Å²) < 4.78 is 5.82. The summed E-state index contributed by atoms with van der Waals surface area (Å²) in [5, 5.41) is 3.61. The van der Waals surface area contributed by atoms with Crippen LogP contribution in [0.15, 0.2) is 0 Å². The highest BCUT2D eigenvalue weighted by molar-refractivity contribution is 4.79. The third kappa shape index (κ3) is 5.53. The van der Waals surface area contributed by atoms with E-state index >= 15 is 0 Å². The van der Waals surface area contributed by atoms with Gasteiger partial charge < -0.3 is 10.1 Å². The Hall–Kier alpha value is -0.0800. The zero-order chi connectivity index (χ0) is 11.3. The lowest BCUT2D eigenvalue weighted by atomic mass is 9.86. The number of hydrogen-bond donors (Lipinski definition) is 1. The first-order valence-electron chi connectivity index (χ1n) is 6.36. The van der Waals surface area contributed by atoms with Crippen LogP contribution in [0.4, 0.5) is 0 Å². The molecule has 0 aliphatic carbocycles. The molecule has 1 aliphatic rings. The average Bonchev–Trinajstić information content (AvgIpc) is 2.12. The van der Waals surface area contributed by atoms with Crippen LogP contribution in [0.5, 0.6) is 0 Å². The first-order chi connectivity index (χ1) is 7.01. The minimum Gasteiger partial charge on any atom is -0.378 e. The average molecular weight is 213 g/mol. The maximum absolute atomic E-state index is 5.82. The van der Waals surface area contributed by atoms with E-state index in [2.05, 4.69) is 33.0 Å². The van der Waals surface area contributed by atoms with E-state index in [-0.39, 0.29) is 0 Å². The van der Waals surface area contributed by atoms with Gasteiger partial charge in [0, 0.05) is 12.6 Å². The molecule has 1 N–H and O–H groups in total. The molecule has 1 saturated heterocycles. The van der Waals surface area contributed by atoms with Gasteiger partial charge in [-0.3, -0.25) is 0 Å². The Labute approximate surface area is 94.8 Å². The molecule has 1 rings (SSSR count). The third-order valence-corrected chi connectivity index (χ3v) is 2.89. The first kappa shape index (κ1) is 13.0. The van der Waals surface area contributed by atoms with Crippen LogP contribution in [0.2, 0.25) is 0 Å². The Morgan fingerprint density at radius 2 is 2.07 bits per heavy atom. The predicted molar refractivity (Wildman–Crippen MR) is 65.1 cm³/mol. The van der Waals surface area contributed by atoms with Crippen LogP contribution in [0, 0.1) is 5.41 Å². The molecule has 0 aromatic carbocycles. The lowest BCUT2D eigenvalue weighted by Crippen LogP contribution is -2.40. The Morgan fingerprint density at radius 3 is 2.67 bits per heavy atom. The van der Waals surface area contributed by atoms with Gasteiger partial charge in [0.25, 0.3) is 0 Å². The molecule has 2 atom stereocenters. The van der Waals surface area contributed by atoms with Crippen LogP contribution in [0.3, 0.4) is 0 Å². The highest BCUT2D eigenvalue weighted by atomic mass is 16.5. The SMILES string of the molecule is CCCNC1CCOC(CC(C)(C)C)C1. The number of rotatable bonds is 4. The quantitative estimate of drug-likeness (QED) is 0.775. The second-order valence-corrected chi connectivity index (χ2v) is 5.93. The van der Waals surface area contributed by atoms with Crippen LogP contribution in [-0.4, -0.2) is 25.3 Å². The Bertz CT molecular complexity index is 174. The lowest BCUT2D eigenvalue weighted by Gasteiger charge is -2.33. The molecule has 1 heterocycles. The summed E-state index contributed by atoms with van der Waals surface area (Å²) in [7, 11) is 0. The monoisotopic (exact) mass is 213 g/mol. The Morgan fingerprint density at radius 1 is 1.33 bits per heavy atom. The number of hydrogen-bond acceptors (Lipinski definition) is 2. The van der Waals surface area contributed by atoms with Gasteiger partial charge in [-0.1, -0.05) is 27.7 Å². The molecule has 2 heteroatoms. The molecule has 0 spiro atoms. The second-order valence-electron chi connectivity index (χ2n) is 5.93. The fourth-order valence-corrected chi connectivity index (χ4v) is 2.24. The van der Waals surface area contributed by atoms with Crippen molar-refractivity contribution in [2.75, 3.05) is 13.2 Å². The molecule has 0 saturated carbocycles. The minimum atomic E-state index is 0.386. The van der Waals surface area contributed by atoms with Gasteiger partial charge in [0.2, 0.25) is 0 Å². The molecule has 1 aliphatic heterocycles. The van der Waals surface area contributed by atoms with Crippen molar-refractivity contribution in [1.82, 2.24) is 5.32 Å². The summed E-state index contributed by atoms with van der Waals surface area (Å²) in [4.78, 5) is 0. The fraction of sp³-hybridized carbons (Fsp3) is 1.00. The summed E-state index contributed by atoms with van der Waals surface area (Å²) in [5.74, 6) is 0. The summed E-state index contributed by atoms with van der Waals surface area (Å²) in [6.45, 7) is 11.2. The van der Waals surface area contributed by atoms with Gasteiger partial charge >= 0.3 is 0 Å². The largest absolute Gasteiger partial charge is 0.378 e. The highest BCUT2D eigenvalue weighted by Crippen LogP contribution is 2.27. The van der Waals surface area contributed by atoms with Crippen molar-refractivity contribution >= 4 is 0 Å². The smallest absolute Gasteiger partial charge is 0.0595 e. The summed E-state index contributed by atoms with van der Waals surface area (Å²) in [6.07, 6.45) is 5.24. The van der Waals surface area contributed by atoms with Crippen LogP contribution in [0.1, 0.15) is 53.4 Å². The Balaban J connectivity index is 2.29. The molecule has 2 nitrogen and oxygen atoms in total. The van der Waals surface area contributed by atoms with E-state index in [1.807, 2.05) is 0 Å². The van der Waals surface area contributed by atoms with E-state index in [0.29, 0.717) is 17.6 Å². The molecule has 2 unspecified atom stereocenters. The van der Waals surface area contributed by atoms with Crippen LogP contribution in [-0.2, 0) is 4.74 Å². The topological polar surface area (TPSA) is 21.3 Å². The molecule has 0 radical (unpaired) electrons. The zero-order valence-corrected chi connectivity index (χ0v) is 10.8. The second kappa shape index (κ2) is 5.86. The molecule has 0 bridgehead atoms. The van der Waals surface area contributed by atoms with Crippen molar-refractivity contribution < 1.29 is 4.74 Å². The van der Waals surface area contributed by atoms with E-state index in [1.54, 1.807) is 0 Å². The third-order valence-electron chi connectivity index (χ3n) is 2.89. The summed E-state index contributed by atoms with van der Waals surface area (Å²) in [6, 6.07) is 0.686. The molecule has 0 aromatic heterocycles. The molecule has 15 heavy (non-hydrogen) atoms. The lowest BCUT2D eigenvalue weighted by molar-refractivity contribution is -0.0194. The van der Waals surface area contributed by atoms with Crippen molar-refractivity contribution in [3.05, 3.63) is 0 Å².